The van der Waals surface area contributed by atoms with Crippen LogP contribution in [0.3, 0.4) is 0 Å². The lowest BCUT2D eigenvalue weighted by Crippen LogP contribution is -2.31. The Morgan fingerprint density at radius 1 is 1.50 bits per heavy atom. The zero-order valence-electron chi connectivity index (χ0n) is 6.08. The van der Waals surface area contributed by atoms with Crippen molar-refractivity contribution >= 4 is 5.91 Å². The molecule has 3 heteroatoms. The van der Waals surface area contributed by atoms with Crippen LogP contribution < -0.4 is 5.73 Å². The number of hydrogen-bond donors (Lipinski definition) is 1. The second kappa shape index (κ2) is 1.72. The number of fused-ring (bicyclic) bond motifs is 1. The Labute approximate surface area is 60.2 Å². The van der Waals surface area contributed by atoms with Crippen LogP contribution >= 0.6 is 0 Å². The Bertz CT molecular complexity index is 168. The number of carbonyl (C=O) groups is 1. The first-order valence-corrected chi connectivity index (χ1v) is 3.71. The first kappa shape index (κ1) is 6.16. The fraction of sp³-hybridized carbons (Fsp3) is 0.857. The second-order valence-electron chi connectivity index (χ2n) is 3.33. The number of piperidine rings is 1. The van der Waals surface area contributed by atoms with Crippen LogP contribution in [0.25, 0.3) is 0 Å². The van der Waals surface area contributed by atoms with Crippen LogP contribution in [-0.2, 0) is 4.79 Å². The predicted molar refractivity (Wildman–Crippen MR) is 37.2 cm³/mol. The fourth-order valence-corrected chi connectivity index (χ4v) is 1.83. The van der Waals surface area contributed by atoms with E-state index in [1.54, 1.807) is 6.92 Å². The molecule has 2 aliphatic rings. The quantitative estimate of drug-likeness (QED) is 0.489. The smallest absolute Gasteiger partial charge is 0.219 e. The van der Waals surface area contributed by atoms with Gasteiger partial charge in [0.25, 0.3) is 0 Å². The normalized spacial score (nSPS) is 43.4. The Morgan fingerprint density at radius 2 is 2.00 bits per heavy atom. The molecule has 0 bridgehead atoms. The van der Waals surface area contributed by atoms with E-state index < -0.39 is 0 Å². The van der Waals surface area contributed by atoms with Crippen molar-refractivity contribution in [1.29, 1.82) is 0 Å². The minimum Gasteiger partial charge on any atom is -0.342 e. The molecule has 0 spiro atoms. The molecule has 1 amide bonds. The van der Waals surface area contributed by atoms with E-state index in [1.807, 2.05) is 4.90 Å². The van der Waals surface area contributed by atoms with Crippen molar-refractivity contribution in [2.45, 2.75) is 13.0 Å². The molecule has 1 aliphatic carbocycles. The summed E-state index contributed by atoms with van der Waals surface area (Å²) in [4.78, 5) is 12.7. The molecule has 2 fully saturated rings. The number of hydrogen-bond acceptors (Lipinski definition) is 2. The number of amides is 1. The monoisotopic (exact) mass is 140 g/mol. The molecule has 10 heavy (non-hydrogen) atoms. The van der Waals surface area contributed by atoms with E-state index in [1.165, 1.54) is 0 Å². The molecule has 56 valence electrons. The van der Waals surface area contributed by atoms with Gasteiger partial charge in [0, 0.05) is 26.1 Å². The Balaban J connectivity index is 1.95. The van der Waals surface area contributed by atoms with Gasteiger partial charge in [-0.05, 0) is 11.8 Å². The maximum absolute atomic E-state index is 10.8. The Kier molecular flexibility index (Phi) is 1.06. The summed E-state index contributed by atoms with van der Waals surface area (Å²) in [7, 11) is 0. The lowest BCUT2D eigenvalue weighted by Gasteiger charge is -2.15. The van der Waals surface area contributed by atoms with Crippen LogP contribution in [0.1, 0.15) is 6.92 Å². The van der Waals surface area contributed by atoms with Gasteiger partial charge in [-0.15, -0.1) is 0 Å². The van der Waals surface area contributed by atoms with E-state index in [0.29, 0.717) is 17.9 Å². The maximum Gasteiger partial charge on any atom is 0.219 e. The summed E-state index contributed by atoms with van der Waals surface area (Å²) in [5, 5.41) is 0. The van der Waals surface area contributed by atoms with Crippen LogP contribution in [-0.4, -0.2) is 29.9 Å². The molecule has 2 unspecified atom stereocenters. The third-order valence-electron chi connectivity index (χ3n) is 2.71. The van der Waals surface area contributed by atoms with Crippen molar-refractivity contribution in [3.63, 3.8) is 0 Å². The van der Waals surface area contributed by atoms with Gasteiger partial charge in [-0.1, -0.05) is 0 Å². The van der Waals surface area contributed by atoms with E-state index in [4.69, 9.17) is 5.73 Å². The molecular weight excluding hydrogens is 128 g/mol. The van der Waals surface area contributed by atoms with E-state index in [9.17, 15) is 4.79 Å². The number of rotatable bonds is 0. The van der Waals surface area contributed by atoms with Crippen molar-refractivity contribution in [2.24, 2.45) is 17.6 Å². The lowest BCUT2D eigenvalue weighted by atomic mass is 10.4. The summed E-state index contributed by atoms with van der Waals surface area (Å²) < 4.78 is 0. The number of nitrogens with two attached hydrogens (primary N) is 1. The molecule has 0 aromatic heterocycles. The van der Waals surface area contributed by atoms with Crippen molar-refractivity contribution in [3.05, 3.63) is 0 Å². The SMILES string of the molecule is CC(=O)N1CC2C(N)C2C1. The molecule has 1 saturated heterocycles. The van der Waals surface area contributed by atoms with Crippen molar-refractivity contribution in [3.8, 4) is 0 Å². The van der Waals surface area contributed by atoms with Gasteiger partial charge >= 0.3 is 0 Å². The predicted octanol–water partition coefficient (Wildman–Crippen LogP) is -0.578. The summed E-state index contributed by atoms with van der Waals surface area (Å²) in [5.74, 6) is 1.45. The van der Waals surface area contributed by atoms with Crippen molar-refractivity contribution < 1.29 is 4.79 Å². The molecule has 0 radical (unpaired) electrons. The van der Waals surface area contributed by atoms with Crippen LogP contribution in [0.15, 0.2) is 0 Å². The second-order valence-corrected chi connectivity index (χ2v) is 3.33. The molecule has 1 heterocycles. The van der Waals surface area contributed by atoms with E-state index >= 15 is 0 Å². The maximum atomic E-state index is 10.8. The van der Waals surface area contributed by atoms with Gasteiger partial charge in [-0.2, -0.15) is 0 Å². The number of carbonyl (C=O) groups excluding carboxylic acids is 1. The molecule has 1 aliphatic heterocycles. The molecule has 1 saturated carbocycles. The van der Waals surface area contributed by atoms with Gasteiger partial charge in [0.2, 0.25) is 5.91 Å². The zero-order chi connectivity index (χ0) is 7.30. The van der Waals surface area contributed by atoms with E-state index in [-0.39, 0.29) is 5.91 Å². The number of nitrogens with zero attached hydrogens (tertiary/aromatic N) is 1. The largest absolute Gasteiger partial charge is 0.342 e. The standard InChI is InChI=1S/C7H12N2O/c1-4(10)9-2-5-6(3-9)7(5)8/h5-7H,2-3,8H2,1H3. The summed E-state index contributed by atoms with van der Waals surface area (Å²) >= 11 is 0. The minimum absolute atomic E-state index is 0.194. The van der Waals surface area contributed by atoms with E-state index in [2.05, 4.69) is 0 Å². The third-order valence-corrected chi connectivity index (χ3v) is 2.71. The van der Waals surface area contributed by atoms with Gasteiger partial charge in [-0.3, -0.25) is 4.79 Å². The molecular formula is C7H12N2O. The summed E-state index contributed by atoms with van der Waals surface area (Å²) in [6, 6.07) is 0.399. The van der Waals surface area contributed by atoms with Crippen LogP contribution in [0.5, 0.6) is 0 Å². The van der Waals surface area contributed by atoms with Gasteiger partial charge in [0.15, 0.2) is 0 Å². The zero-order valence-corrected chi connectivity index (χ0v) is 6.08. The topological polar surface area (TPSA) is 46.3 Å². The minimum atomic E-state index is 0.194. The molecule has 2 rings (SSSR count). The van der Waals surface area contributed by atoms with Crippen LogP contribution in [0.2, 0.25) is 0 Å². The van der Waals surface area contributed by atoms with Gasteiger partial charge in [0.05, 0.1) is 0 Å². The van der Waals surface area contributed by atoms with Gasteiger partial charge in [0.1, 0.15) is 0 Å². The molecule has 3 nitrogen and oxygen atoms in total. The molecule has 0 aromatic rings. The highest BCUT2D eigenvalue weighted by Gasteiger charge is 2.54. The molecule has 2 N–H and O–H groups in total. The summed E-state index contributed by atoms with van der Waals surface area (Å²) in [6.45, 7) is 3.43. The molecule has 2 atom stereocenters. The first-order valence-electron chi connectivity index (χ1n) is 3.71. The van der Waals surface area contributed by atoms with Crippen molar-refractivity contribution in [2.75, 3.05) is 13.1 Å². The highest BCUT2D eigenvalue weighted by molar-refractivity contribution is 5.73. The van der Waals surface area contributed by atoms with E-state index in [0.717, 1.165) is 13.1 Å². The van der Waals surface area contributed by atoms with Crippen LogP contribution in [0.4, 0.5) is 0 Å². The fourth-order valence-electron chi connectivity index (χ4n) is 1.83. The Hall–Kier alpha value is -0.570. The highest BCUT2D eigenvalue weighted by Crippen LogP contribution is 2.43. The highest BCUT2D eigenvalue weighted by atomic mass is 16.2. The summed E-state index contributed by atoms with van der Waals surface area (Å²) in [5.41, 5.74) is 5.70. The lowest BCUT2D eigenvalue weighted by molar-refractivity contribution is -0.128. The van der Waals surface area contributed by atoms with Crippen molar-refractivity contribution in [1.82, 2.24) is 4.90 Å². The average molecular weight is 140 g/mol. The molecule has 0 aromatic carbocycles. The average Bonchev–Trinajstić information content (AvgIpc) is 2.38. The van der Waals surface area contributed by atoms with Gasteiger partial charge < -0.3 is 10.6 Å². The first-order chi connectivity index (χ1) is 4.70. The van der Waals surface area contributed by atoms with Gasteiger partial charge in [-0.25, -0.2) is 0 Å². The summed E-state index contributed by atoms with van der Waals surface area (Å²) in [6.07, 6.45) is 0. The number of likely N-dealkylation sites (tertiary alicyclic amines) is 1. The third kappa shape index (κ3) is 0.669. The van der Waals surface area contributed by atoms with Crippen LogP contribution in [0, 0.1) is 11.8 Å². The Morgan fingerprint density at radius 3 is 2.40 bits per heavy atom.